The summed E-state index contributed by atoms with van der Waals surface area (Å²) in [5.74, 6) is -1.18. The van der Waals surface area contributed by atoms with Crippen LogP contribution in [-0.4, -0.2) is 23.3 Å². The predicted molar refractivity (Wildman–Crippen MR) is 98.8 cm³/mol. The Kier molecular flexibility index (Phi) is 5.35. The number of alkyl halides is 3. The standard InChI is InChI=1S/C21H16F3NO3/c1-13-20(16-7-2-3-8-17(16)25-13)18(26)12-28-19(27)10-9-14-5-4-6-15(11-14)21(22,23)24/h2-11,25H,12H2,1H3. The lowest BCUT2D eigenvalue weighted by Gasteiger charge is -2.06. The second kappa shape index (κ2) is 7.72. The van der Waals surface area contributed by atoms with E-state index in [-0.39, 0.29) is 11.3 Å². The summed E-state index contributed by atoms with van der Waals surface area (Å²) in [5, 5.41) is 0.737. The van der Waals surface area contributed by atoms with E-state index in [1.54, 1.807) is 19.1 Å². The zero-order valence-corrected chi connectivity index (χ0v) is 14.8. The topological polar surface area (TPSA) is 59.2 Å². The summed E-state index contributed by atoms with van der Waals surface area (Å²) in [5.41, 5.74) is 1.31. The first-order chi connectivity index (χ1) is 13.3. The molecule has 3 aromatic rings. The number of carbonyl (C=O) groups excluding carboxylic acids is 2. The molecule has 0 fully saturated rings. The smallest absolute Gasteiger partial charge is 0.416 e. The number of aromatic nitrogens is 1. The van der Waals surface area contributed by atoms with Gasteiger partial charge in [-0.05, 0) is 36.8 Å². The monoisotopic (exact) mass is 387 g/mol. The molecule has 3 rings (SSSR count). The number of rotatable bonds is 5. The second-order valence-corrected chi connectivity index (χ2v) is 6.16. The average Bonchev–Trinajstić information content (AvgIpc) is 2.99. The summed E-state index contributed by atoms with van der Waals surface area (Å²) in [6, 6.07) is 11.8. The van der Waals surface area contributed by atoms with Crippen LogP contribution >= 0.6 is 0 Å². The van der Waals surface area contributed by atoms with Gasteiger partial charge in [-0.1, -0.05) is 30.3 Å². The van der Waals surface area contributed by atoms with Crippen molar-refractivity contribution >= 4 is 28.7 Å². The van der Waals surface area contributed by atoms with Gasteiger partial charge in [0.1, 0.15) is 0 Å². The lowest BCUT2D eigenvalue weighted by molar-refractivity contribution is -0.138. The number of hydrogen-bond acceptors (Lipinski definition) is 3. The van der Waals surface area contributed by atoms with E-state index in [9.17, 15) is 22.8 Å². The summed E-state index contributed by atoms with van der Waals surface area (Å²) in [6.07, 6.45) is -2.27. The molecule has 0 aliphatic rings. The molecule has 28 heavy (non-hydrogen) atoms. The van der Waals surface area contributed by atoms with Gasteiger partial charge in [-0.25, -0.2) is 4.79 Å². The van der Waals surface area contributed by atoms with Gasteiger partial charge in [0.15, 0.2) is 6.61 Å². The van der Waals surface area contributed by atoms with E-state index in [0.29, 0.717) is 11.3 Å². The molecule has 0 aliphatic heterocycles. The van der Waals surface area contributed by atoms with Crippen LogP contribution in [0.25, 0.3) is 17.0 Å². The third-order valence-corrected chi connectivity index (χ3v) is 4.14. The van der Waals surface area contributed by atoms with Gasteiger partial charge in [-0.3, -0.25) is 4.79 Å². The maximum absolute atomic E-state index is 12.7. The number of ketones is 1. The van der Waals surface area contributed by atoms with Gasteiger partial charge in [-0.15, -0.1) is 0 Å². The third kappa shape index (κ3) is 4.31. The SMILES string of the molecule is Cc1[nH]c2ccccc2c1C(=O)COC(=O)C=Cc1cccc(C(F)(F)F)c1. The fourth-order valence-electron chi connectivity index (χ4n) is 2.88. The van der Waals surface area contributed by atoms with Gasteiger partial charge in [0.25, 0.3) is 0 Å². The van der Waals surface area contributed by atoms with Gasteiger partial charge in [-0.2, -0.15) is 13.2 Å². The van der Waals surface area contributed by atoms with E-state index in [1.165, 1.54) is 18.2 Å². The molecule has 7 heteroatoms. The van der Waals surface area contributed by atoms with Crippen molar-refractivity contribution in [2.45, 2.75) is 13.1 Å². The van der Waals surface area contributed by atoms with Crippen LogP contribution in [0.3, 0.4) is 0 Å². The summed E-state index contributed by atoms with van der Waals surface area (Å²) in [6.45, 7) is 1.29. The van der Waals surface area contributed by atoms with Gasteiger partial charge in [0, 0.05) is 28.2 Å². The van der Waals surface area contributed by atoms with Crippen molar-refractivity contribution in [2.75, 3.05) is 6.61 Å². The summed E-state index contributed by atoms with van der Waals surface area (Å²) in [7, 11) is 0. The molecule has 1 N–H and O–H groups in total. The molecule has 0 unspecified atom stereocenters. The van der Waals surface area contributed by atoms with Crippen LogP contribution in [0, 0.1) is 6.92 Å². The molecule has 0 saturated carbocycles. The Bertz CT molecular complexity index is 1060. The highest BCUT2D eigenvalue weighted by atomic mass is 19.4. The summed E-state index contributed by atoms with van der Waals surface area (Å²) < 4.78 is 43.0. The minimum absolute atomic E-state index is 0.200. The summed E-state index contributed by atoms with van der Waals surface area (Å²) in [4.78, 5) is 27.3. The van der Waals surface area contributed by atoms with Crippen molar-refractivity contribution in [1.82, 2.24) is 4.98 Å². The number of halogens is 3. The van der Waals surface area contributed by atoms with Gasteiger partial charge in [0.2, 0.25) is 5.78 Å². The van der Waals surface area contributed by atoms with Crippen LogP contribution in [0.1, 0.15) is 27.2 Å². The Hall–Kier alpha value is -3.35. The highest BCUT2D eigenvalue weighted by Crippen LogP contribution is 2.29. The van der Waals surface area contributed by atoms with Crippen molar-refractivity contribution in [3.05, 3.63) is 77.0 Å². The predicted octanol–water partition coefficient (Wildman–Crippen LogP) is 4.93. The molecule has 4 nitrogen and oxygen atoms in total. The number of hydrogen-bond donors (Lipinski definition) is 1. The van der Waals surface area contributed by atoms with Gasteiger partial charge >= 0.3 is 12.1 Å². The first kappa shape index (κ1) is 19.4. The molecule has 1 aromatic heterocycles. The maximum Gasteiger partial charge on any atom is 0.416 e. The number of carbonyl (C=O) groups is 2. The molecule has 0 saturated heterocycles. The van der Waals surface area contributed by atoms with E-state index >= 15 is 0 Å². The Morgan fingerprint density at radius 3 is 2.61 bits per heavy atom. The number of aromatic amines is 1. The van der Waals surface area contributed by atoms with Crippen LogP contribution in [0.2, 0.25) is 0 Å². The third-order valence-electron chi connectivity index (χ3n) is 4.14. The first-order valence-corrected chi connectivity index (χ1v) is 8.38. The van der Waals surface area contributed by atoms with E-state index < -0.39 is 24.3 Å². The molecule has 1 heterocycles. The van der Waals surface area contributed by atoms with E-state index in [4.69, 9.17) is 4.74 Å². The number of ether oxygens (including phenoxy) is 1. The van der Waals surface area contributed by atoms with Gasteiger partial charge < -0.3 is 9.72 Å². The van der Waals surface area contributed by atoms with Crippen molar-refractivity contribution in [2.24, 2.45) is 0 Å². The number of nitrogens with one attached hydrogen (secondary N) is 1. The van der Waals surface area contributed by atoms with Crippen LogP contribution in [0.4, 0.5) is 13.2 Å². The molecule has 0 radical (unpaired) electrons. The highest BCUT2D eigenvalue weighted by molar-refractivity contribution is 6.10. The Morgan fingerprint density at radius 1 is 1.11 bits per heavy atom. The van der Waals surface area contributed by atoms with Crippen molar-refractivity contribution in [3.8, 4) is 0 Å². The maximum atomic E-state index is 12.7. The summed E-state index contributed by atoms with van der Waals surface area (Å²) >= 11 is 0. The normalized spacial score (nSPS) is 11.9. The van der Waals surface area contributed by atoms with Crippen LogP contribution in [-0.2, 0) is 15.7 Å². The number of benzene rings is 2. The van der Waals surface area contributed by atoms with Crippen LogP contribution in [0.5, 0.6) is 0 Å². The van der Waals surface area contributed by atoms with E-state index in [2.05, 4.69) is 4.98 Å². The number of H-pyrrole nitrogens is 1. The molecule has 2 aromatic carbocycles. The minimum Gasteiger partial charge on any atom is -0.454 e. The Morgan fingerprint density at radius 2 is 1.86 bits per heavy atom. The van der Waals surface area contributed by atoms with Crippen LogP contribution in [0.15, 0.2) is 54.6 Å². The number of aryl methyl sites for hydroxylation is 1. The highest BCUT2D eigenvalue weighted by Gasteiger charge is 2.30. The fraction of sp³-hybridized carbons (Fsp3) is 0.143. The minimum atomic E-state index is -4.46. The number of Topliss-reactive ketones (excluding diaryl/α,β-unsaturated/α-hetero) is 1. The Balaban J connectivity index is 1.65. The number of para-hydroxylation sites is 1. The number of esters is 1. The van der Waals surface area contributed by atoms with Crippen molar-refractivity contribution < 1.29 is 27.5 Å². The van der Waals surface area contributed by atoms with E-state index in [1.807, 2.05) is 12.1 Å². The lowest BCUT2D eigenvalue weighted by atomic mass is 10.1. The largest absolute Gasteiger partial charge is 0.454 e. The molecule has 0 amide bonds. The molecule has 144 valence electrons. The van der Waals surface area contributed by atoms with Crippen LogP contribution < -0.4 is 0 Å². The van der Waals surface area contributed by atoms with Crippen molar-refractivity contribution in [3.63, 3.8) is 0 Å². The molecule has 0 spiro atoms. The van der Waals surface area contributed by atoms with Gasteiger partial charge in [0.05, 0.1) is 5.56 Å². The zero-order valence-electron chi connectivity index (χ0n) is 14.8. The quantitative estimate of drug-likeness (QED) is 0.383. The van der Waals surface area contributed by atoms with Crippen molar-refractivity contribution in [1.29, 1.82) is 0 Å². The Labute approximate surface area is 158 Å². The molecular formula is C21H16F3NO3. The first-order valence-electron chi connectivity index (χ1n) is 8.38. The molecule has 0 bridgehead atoms. The fourth-order valence-corrected chi connectivity index (χ4v) is 2.88. The average molecular weight is 387 g/mol. The molecule has 0 atom stereocenters. The zero-order chi connectivity index (χ0) is 20.3. The molecular weight excluding hydrogens is 371 g/mol. The van der Waals surface area contributed by atoms with E-state index in [0.717, 1.165) is 29.1 Å². The second-order valence-electron chi connectivity index (χ2n) is 6.16. The number of fused-ring (bicyclic) bond motifs is 1. The molecule has 0 aliphatic carbocycles. The lowest BCUT2D eigenvalue weighted by Crippen LogP contribution is -2.13.